The predicted molar refractivity (Wildman–Crippen MR) is 145 cm³/mol. The van der Waals surface area contributed by atoms with Gasteiger partial charge in [-0.1, -0.05) is 67.2 Å². The maximum absolute atomic E-state index is 12.0. The molecule has 0 unspecified atom stereocenters. The number of benzene rings is 4. The summed E-state index contributed by atoms with van der Waals surface area (Å²) in [4.78, 5) is 12.0. The van der Waals surface area contributed by atoms with Gasteiger partial charge in [0.05, 0.1) is 12.6 Å². The summed E-state index contributed by atoms with van der Waals surface area (Å²) in [6.07, 6.45) is 4.39. The number of rotatable bonds is 9. The third-order valence-corrected chi connectivity index (χ3v) is 6.67. The summed E-state index contributed by atoms with van der Waals surface area (Å²) in [5, 5.41) is 3.48. The number of hydrogen-bond acceptors (Lipinski definition) is 2. The number of allylic oxidation sites excluding steroid dienone is 1. The van der Waals surface area contributed by atoms with Gasteiger partial charge in [0.25, 0.3) is 0 Å². The highest BCUT2D eigenvalue weighted by Gasteiger charge is 2.15. The molecule has 0 bridgehead atoms. The fourth-order valence-corrected chi connectivity index (χ4v) is 4.91. The zero-order valence-corrected chi connectivity index (χ0v) is 20.0. The van der Waals surface area contributed by atoms with Gasteiger partial charge in [-0.3, -0.25) is 4.79 Å². The molecule has 1 aromatic heterocycles. The molecular weight excluding hydrogens is 430 g/mol. The number of carbonyl (C=O) groups excluding carboxylic acids is 1. The van der Waals surface area contributed by atoms with E-state index in [4.69, 9.17) is 4.74 Å². The predicted octanol–water partition coefficient (Wildman–Crippen LogP) is 7.27. The average molecular weight is 460 g/mol. The van der Waals surface area contributed by atoms with Crippen LogP contribution in [0.3, 0.4) is 0 Å². The van der Waals surface area contributed by atoms with Crippen molar-refractivity contribution in [2.45, 2.75) is 25.7 Å². The molecule has 0 fully saturated rings. The van der Waals surface area contributed by atoms with Crippen LogP contribution in [0.5, 0.6) is 5.75 Å². The topological polar surface area (TPSA) is 31.2 Å². The van der Waals surface area contributed by atoms with Crippen molar-refractivity contribution >= 4 is 27.5 Å². The Labute approximate surface area is 206 Å². The number of nitrogens with zero attached hydrogens (tertiary/aromatic N) is 1. The van der Waals surface area contributed by atoms with Gasteiger partial charge in [-0.25, -0.2) is 0 Å². The molecule has 0 saturated heterocycles. The number of methoxy groups -OCH3 is 1. The van der Waals surface area contributed by atoms with Gasteiger partial charge in [0.1, 0.15) is 5.75 Å². The van der Waals surface area contributed by atoms with Crippen molar-refractivity contribution in [2.75, 3.05) is 7.11 Å². The Morgan fingerprint density at radius 2 is 1.66 bits per heavy atom. The molecule has 0 aliphatic rings. The zero-order valence-electron chi connectivity index (χ0n) is 20.0. The standard InChI is InChI=1S/C32H29NO2/c1-3-28(34)19-18-26-21-25-12-7-8-14-31(25)33(26)27-20-24(17-16-23-10-5-4-6-11-23)29-13-9-15-32(35-2)30(29)22-27/h3-15,20-22H,1,16-19H2,2H3. The third kappa shape index (κ3) is 4.63. The fraction of sp³-hybridized carbons (Fsp3) is 0.156. The molecule has 0 spiro atoms. The summed E-state index contributed by atoms with van der Waals surface area (Å²) >= 11 is 0. The second kappa shape index (κ2) is 10.0. The van der Waals surface area contributed by atoms with Crippen LogP contribution in [0.1, 0.15) is 23.2 Å². The lowest BCUT2D eigenvalue weighted by atomic mass is 9.97. The first-order valence-electron chi connectivity index (χ1n) is 12.1. The van der Waals surface area contributed by atoms with Crippen molar-refractivity contribution in [3.63, 3.8) is 0 Å². The quantitative estimate of drug-likeness (QED) is 0.217. The van der Waals surface area contributed by atoms with Crippen molar-refractivity contribution in [1.29, 1.82) is 0 Å². The Morgan fingerprint density at radius 1 is 0.857 bits per heavy atom. The van der Waals surface area contributed by atoms with Gasteiger partial charge in [0.2, 0.25) is 0 Å². The van der Waals surface area contributed by atoms with Crippen LogP contribution in [-0.4, -0.2) is 17.5 Å². The molecule has 3 nitrogen and oxygen atoms in total. The van der Waals surface area contributed by atoms with Crippen LogP contribution in [0.4, 0.5) is 0 Å². The Balaban J connectivity index is 1.67. The molecule has 174 valence electrons. The van der Waals surface area contributed by atoms with Crippen LogP contribution >= 0.6 is 0 Å². The molecule has 1 heterocycles. The van der Waals surface area contributed by atoms with Crippen molar-refractivity contribution in [3.8, 4) is 11.4 Å². The summed E-state index contributed by atoms with van der Waals surface area (Å²) in [7, 11) is 1.72. The Kier molecular flexibility index (Phi) is 6.49. The molecule has 0 aliphatic heterocycles. The smallest absolute Gasteiger partial charge is 0.155 e. The van der Waals surface area contributed by atoms with E-state index in [1.54, 1.807) is 7.11 Å². The lowest BCUT2D eigenvalue weighted by Crippen LogP contribution is -2.05. The first-order valence-corrected chi connectivity index (χ1v) is 12.1. The van der Waals surface area contributed by atoms with Crippen molar-refractivity contribution < 1.29 is 9.53 Å². The summed E-state index contributed by atoms with van der Waals surface area (Å²) < 4.78 is 8.06. The minimum absolute atomic E-state index is 0.0607. The molecule has 0 amide bonds. The molecule has 0 atom stereocenters. The number of aryl methyl sites for hydroxylation is 3. The largest absolute Gasteiger partial charge is 0.496 e. The second-order valence-corrected chi connectivity index (χ2v) is 8.85. The van der Waals surface area contributed by atoms with Gasteiger partial charge in [0, 0.05) is 28.6 Å². The number of fused-ring (bicyclic) bond motifs is 2. The van der Waals surface area contributed by atoms with E-state index in [1.807, 2.05) is 6.07 Å². The number of ketones is 1. The van der Waals surface area contributed by atoms with Gasteiger partial charge in [-0.15, -0.1) is 0 Å². The van der Waals surface area contributed by atoms with E-state index in [0.29, 0.717) is 12.8 Å². The molecular formula is C32H29NO2. The molecule has 0 radical (unpaired) electrons. The normalized spacial score (nSPS) is 11.1. The van der Waals surface area contributed by atoms with E-state index in [9.17, 15) is 4.79 Å². The van der Waals surface area contributed by atoms with E-state index < -0.39 is 0 Å². The number of ether oxygens (including phenoxy) is 1. The van der Waals surface area contributed by atoms with Crippen LogP contribution in [0.2, 0.25) is 0 Å². The van der Waals surface area contributed by atoms with E-state index in [1.165, 1.54) is 28.0 Å². The zero-order chi connectivity index (χ0) is 24.2. The van der Waals surface area contributed by atoms with E-state index in [-0.39, 0.29) is 5.78 Å². The van der Waals surface area contributed by atoms with Crippen molar-refractivity contribution in [1.82, 2.24) is 4.57 Å². The van der Waals surface area contributed by atoms with E-state index >= 15 is 0 Å². The van der Waals surface area contributed by atoms with Crippen molar-refractivity contribution in [3.05, 3.63) is 120 Å². The Bertz CT molecular complexity index is 1510. The summed E-state index contributed by atoms with van der Waals surface area (Å²) in [6.45, 7) is 3.64. The molecule has 5 aromatic rings. The maximum atomic E-state index is 12.0. The number of hydrogen-bond donors (Lipinski definition) is 0. The molecule has 0 aliphatic carbocycles. The second-order valence-electron chi connectivity index (χ2n) is 8.85. The van der Waals surface area contributed by atoms with Crippen LogP contribution in [0.15, 0.2) is 104 Å². The van der Waals surface area contributed by atoms with Crippen LogP contribution < -0.4 is 4.74 Å². The fourth-order valence-electron chi connectivity index (χ4n) is 4.91. The lowest BCUT2D eigenvalue weighted by molar-refractivity contribution is -0.114. The highest BCUT2D eigenvalue weighted by Crippen LogP contribution is 2.34. The maximum Gasteiger partial charge on any atom is 0.155 e. The third-order valence-electron chi connectivity index (χ3n) is 6.67. The highest BCUT2D eigenvalue weighted by atomic mass is 16.5. The Morgan fingerprint density at radius 3 is 2.46 bits per heavy atom. The lowest BCUT2D eigenvalue weighted by Gasteiger charge is -2.17. The highest BCUT2D eigenvalue weighted by molar-refractivity contribution is 5.94. The molecule has 4 aromatic carbocycles. The first-order chi connectivity index (χ1) is 17.2. The van der Waals surface area contributed by atoms with Crippen LogP contribution in [0, 0.1) is 0 Å². The Hall–Kier alpha value is -4.11. The first kappa shape index (κ1) is 22.7. The SMILES string of the molecule is C=CC(=O)CCc1cc2ccccc2n1-c1cc(CCc2ccccc2)c2cccc(OC)c2c1. The number of carbonyl (C=O) groups is 1. The molecule has 3 heteroatoms. The van der Waals surface area contributed by atoms with Gasteiger partial charge in [0.15, 0.2) is 5.78 Å². The summed E-state index contributed by atoms with van der Waals surface area (Å²) in [5.41, 5.74) is 5.95. The van der Waals surface area contributed by atoms with E-state index in [0.717, 1.165) is 40.9 Å². The van der Waals surface area contributed by atoms with Gasteiger partial charge in [-0.2, -0.15) is 0 Å². The minimum atomic E-state index is 0.0607. The number of para-hydroxylation sites is 1. The monoisotopic (exact) mass is 459 g/mol. The van der Waals surface area contributed by atoms with Gasteiger partial charge in [-0.05, 0) is 72.2 Å². The van der Waals surface area contributed by atoms with Gasteiger partial charge >= 0.3 is 0 Å². The summed E-state index contributed by atoms with van der Waals surface area (Å²) in [5.74, 6) is 0.927. The molecule has 0 saturated carbocycles. The number of aromatic nitrogens is 1. The van der Waals surface area contributed by atoms with Crippen LogP contribution in [-0.2, 0) is 24.1 Å². The summed E-state index contributed by atoms with van der Waals surface area (Å²) in [6, 6.07) is 32.0. The van der Waals surface area contributed by atoms with Gasteiger partial charge < -0.3 is 9.30 Å². The van der Waals surface area contributed by atoms with Crippen LogP contribution in [0.25, 0.3) is 27.4 Å². The molecule has 35 heavy (non-hydrogen) atoms. The molecule has 5 rings (SSSR count). The van der Waals surface area contributed by atoms with Crippen molar-refractivity contribution in [2.24, 2.45) is 0 Å². The van der Waals surface area contributed by atoms with E-state index in [2.05, 4.69) is 96.1 Å². The minimum Gasteiger partial charge on any atom is -0.496 e. The molecule has 0 N–H and O–H groups in total. The average Bonchev–Trinajstić information content (AvgIpc) is 3.28.